The minimum atomic E-state index is -4.45. The summed E-state index contributed by atoms with van der Waals surface area (Å²) in [4.78, 5) is 18.1. The van der Waals surface area contributed by atoms with Crippen LogP contribution in [0.5, 0.6) is 0 Å². The topological polar surface area (TPSA) is 33.2 Å². The van der Waals surface area contributed by atoms with Crippen LogP contribution in [0.15, 0.2) is 24.3 Å². The number of alkyl halides is 3. The average molecular weight is 352 g/mol. The lowest BCUT2D eigenvalue weighted by atomic mass is 9.95. The van der Waals surface area contributed by atoms with Crippen molar-refractivity contribution in [2.75, 3.05) is 13.1 Å². The molecule has 0 saturated carbocycles. The summed E-state index contributed by atoms with van der Waals surface area (Å²) < 4.78 is 38.9. The zero-order valence-corrected chi connectivity index (χ0v) is 15.2. The Morgan fingerprint density at radius 1 is 1.08 bits per heavy atom. The van der Waals surface area contributed by atoms with Crippen LogP contribution < -0.4 is 0 Å². The van der Waals surface area contributed by atoms with Gasteiger partial charge in [-0.1, -0.05) is 32.4 Å². The molecule has 0 saturated heterocycles. The number of hydrogen-bond donors (Lipinski definition) is 0. The van der Waals surface area contributed by atoms with Crippen molar-refractivity contribution in [2.45, 2.75) is 40.8 Å². The Bertz CT molecular complexity index is 776. The molecular formula is C19H23F3N2O. The zero-order valence-electron chi connectivity index (χ0n) is 15.2. The van der Waals surface area contributed by atoms with Crippen LogP contribution in [0.4, 0.5) is 13.2 Å². The van der Waals surface area contributed by atoms with E-state index in [0.717, 1.165) is 21.4 Å². The zero-order chi connectivity index (χ0) is 19.0. The molecule has 1 amide bonds. The van der Waals surface area contributed by atoms with Crippen molar-refractivity contribution in [1.82, 2.24) is 9.88 Å². The van der Waals surface area contributed by atoms with Crippen molar-refractivity contribution in [3.63, 3.8) is 0 Å². The Labute approximate surface area is 145 Å². The Morgan fingerprint density at radius 2 is 1.72 bits per heavy atom. The molecule has 3 nitrogen and oxygen atoms in total. The summed E-state index contributed by atoms with van der Waals surface area (Å²) in [7, 11) is 0. The lowest BCUT2D eigenvalue weighted by Gasteiger charge is -2.31. The second-order valence-electron chi connectivity index (χ2n) is 7.65. The first-order valence-electron chi connectivity index (χ1n) is 8.10. The molecule has 0 atom stereocenters. The van der Waals surface area contributed by atoms with E-state index in [1.54, 1.807) is 33.8 Å². The molecule has 6 heteroatoms. The number of aromatic nitrogens is 1. The molecule has 0 aliphatic heterocycles. The number of halogens is 3. The third-order valence-electron chi connectivity index (χ3n) is 3.71. The number of carbonyl (C=O) groups is 1. The molecule has 0 fully saturated rings. The second-order valence-corrected chi connectivity index (χ2v) is 7.65. The molecule has 0 aliphatic carbocycles. The number of amides is 1. The Kier molecular flexibility index (Phi) is 5.11. The molecule has 1 aromatic heterocycles. The smallest absolute Gasteiger partial charge is 0.329 e. The van der Waals surface area contributed by atoms with Crippen LogP contribution in [0.25, 0.3) is 10.9 Å². The van der Waals surface area contributed by atoms with Gasteiger partial charge < -0.3 is 4.90 Å². The third-order valence-corrected chi connectivity index (χ3v) is 3.71. The van der Waals surface area contributed by atoms with Gasteiger partial charge in [0.25, 0.3) is 5.91 Å². The standard InChI is InChI=1S/C19H23F3N2O/c1-12-6-7-16-14(8-12)9-15(13(2)23-16)17(25)24(10-18(3,4)5)11-19(20,21)22/h6-9H,10-11H2,1-5H3. The predicted octanol–water partition coefficient (Wildman–Crippen LogP) is 4.90. The number of fused-ring (bicyclic) bond motifs is 1. The monoisotopic (exact) mass is 352 g/mol. The summed E-state index contributed by atoms with van der Waals surface area (Å²) in [5.41, 5.74) is 1.92. The Balaban J connectivity index is 2.46. The molecule has 0 bridgehead atoms. The lowest BCUT2D eigenvalue weighted by Crippen LogP contribution is -2.43. The molecule has 1 heterocycles. The first-order valence-corrected chi connectivity index (χ1v) is 8.10. The summed E-state index contributed by atoms with van der Waals surface area (Å²) >= 11 is 0. The third kappa shape index (κ3) is 5.18. The van der Waals surface area contributed by atoms with Crippen molar-refractivity contribution in [3.05, 3.63) is 41.1 Å². The fraction of sp³-hybridized carbons (Fsp3) is 0.474. The molecule has 25 heavy (non-hydrogen) atoms. The van der Waals surface area contributed by atoms with Crippen molar-refractivity contribution in [3.8, 4) is 0 Å². The molecule has 136 valence electrons. The van der Waals surface area contributed by atoms with Gasteiger partial charge in [-0.3, -0.25) is 9.78 Å². The maximum Gasteiger partial charge on any atom is 0.406 e. The first-order chi connectivity index (χ1) is 11.4. The van der Waals surface area contributed by atoms with Gasteiger partial charge in [0.15, 0.2) is 0 Å². The number of pyridine rings is 1. The predicted molar refractivity (Wildman–Crippen MR) is 92.6 cm³/mol. The molecule has 0 spiro atoms. The van der Waals surface area contributed by atoms with Crippen LogP contribution in [0.3, 0.4) is 0 Å². The molecule has 2 rings (SSSR count). The molecular weight excluding hydrogens is 329 g/mol. The van der Waals surface area contributed by atoms with Gasteiger partial charge >= 0.3 is 6.18 Å². The largest absolute Gasteiger partial charge is 0.406 e. The number of nitrogens with zero attached hydrogens (tertiary/aromatic N) is 2. The van der Waals surface area contributed by atoms with Gasteiger partial charge in [-0.25, -0.2) is 0 Å². The summed E-state index contributed by atoms with van der Waals surface area (Å²) in [5, 5.41) is 0.747. The highest BCUT2D eigenvalue weighted by atomic mass is 19.4. The van der Waals surface area contributed by atoms with Crippen molar-refractivity contribution >= 4 is 16.8 Å². The summed E-state index contributed by atoms with van der Waals surface area (Å²) in [6.07, 6.45) is -4.45. The first kappa shape index (κ1) is 19.2. The van der Waals surface area contributed by atoms with E-state index in [0.29, 0.717) is 5.69 Å². The van der Waals surface area contributed by atoms with Crippen LogP contribution in [0.1, 0.15) is 42.4 Å². The maximum atomic E-state index is 13.0. The van der Waals surface area contributed by atoms with Crippen LogP contribution in [0, 0.1) is 19.3 Å². The van der Waals surface area contributed by atoms with E-state index in [2.05, 4.69) is 4.98 Å². The summed E-state index contributed by atoms with van der Waals surface area (Å²) in [6, 6.07) is 7.26. The SMILES string of the molecule is Cc1ccc2nc(C)c(C(=O)N(CC(C)(C)C)CC(F)(F)F)cc2c1. The van der Waals surface area contributed by atoms with Crippen LogP contribution >= 0.6 is 0 Å². The van der Waals surface area contributed by atoms with E-state index in [1.807, 2.05) is 25.1 Å². The van der Waals surface area contributed by atoms with Gasteiger partial charge in [0.05, 0.1) is 16.8 Å². The van der Waals surface area contributed by atoms with Gasteiger partial charge in [-0.2, -0.15) is 13.2 Å². The molecule has 0 N–H and O–H groups in total. The quantitative estimate of drug-likeness (QED) is 0.787. The van der Waals surface area contributed by atoms with Crippen molar-refractivity contribution in [2.24, 2.45) is 5.41 Å². The molecule has 1 aromatic carbocycles. The number of benzene rings is 1. The second kappa shape index (κ2) is 6.65. The van der Waals surface area contributed by atoms with Crippen LogP contribution in [-0.2, 0) is 0 Å². The normalized spacial score (nSPS) is 12.5. The van der Waals surface area contributed by atoms with Crippen LogP contribution in [-0.4, -0.2) is 35.1 Å². The van der Waals surface area contributed by atoms with E-state index >= 15 is 0 Å². The fourth-order valence-electron chi connectivity index (χ4n) is 2.77. The highest BCUT2D eigenvalue weighted by molar-refractivity contribution is 5.98. The number of aryl methyl sites for hydroxylation is 2. The number of hydrogen-bond acceptors (Lipinski definition) is 2. The lowest BCUT2D eigenvalue weighted by molar-refractivity contribution is -0.142. The molecule has 0 unspecified atom stereocenters. The highest BCUT2D eigenvalue weighted by Gasteiger charge is 2.35. The van der Waals surface area contributed by atoms with E-state index in [4.69, 9.17) is 0 Å². The number of carbonyl (C=O) groups excluding carboxylic acids is 1. The average Bonchev–Trinajstić information content (AvgIpc) is 2.42. The Morgan fingerprint density at radius 3 is 2.28 bits per heavy atom. The summed E-state index contributed by atoms with van der Waals surface area (Å²) in [6.45, 7) is 7.71. The molecule has 0 aliphatic rings. The van der Waals surface area contributed by atoms with E-state index in [9.17, 15) is 18.0 Å². The van der Waals surface area contributed by atoms with Crippen LogP contribution in [0.2, 0.25) is 0 Å². The van der Waals surface area contributed by atoms with E-state index in [1.165, 1.54) is 0 Å². The summed E-state index contributed by atoms with van der Waals surface area (Å²) in [5.74, 6) is -0.638. The van der Waals surface area contributed by atoms with Gasteiger partial charge in [0.1, 0.15) is 6.54 Å². The van der Waals surface area contributed by atoms with Gasteiger partial charge in [0.2, 0.25) is 0 Å². The number of rotatable bonds is 3. The van der Waals surface area contributed by atoms with Gasteiger partial charge in [-0.05, 0) is 37.5 Å². The van der Waals surface area contributed by atoms with Gasteiger partial charge in [-0.15, -0.1) is 0 Å². The van der Waals surface area contributed by atoms with Crippen molar-refractivity contribution in [1.29, 1.82) is 0 Å². The van der Waals surface area contributed by atoms with Gasteiger partial charge in [0, 0.05) is 11.9 Å². The van der Waals surface area contributed by atoms with E-state index < -0.39 is 24.0 Å². The minimum absolute atomic E-state index is 0.0106. The van der Waals surface area contributed by atoms with E-state index in [-0.39, 0.29) is 12.1 Å². The highest BCUT2D eigenvalue weighted by Crippen LogP contribution is 2.25. The van der Waals surface area contributed by atoms with Crippen molar-refractivity contribution < 1.29 is 18.0 Å². The Hall–Kier alpha value is -2.11. The fourth-order valence-corrected chi connectivity index (χ4v) is 2.77. The molecule has 0 radical (unpaired) electrons. The maximum absolute atomic E-state index is 13.0. The molecule has 2 aromatic rings. The minimum Gasteiger partial charge on any atom is -0.329 e.